The van der Waals surface area contributed by atoms with Crippen LogP contribution >= 0.6 is 0 Å². The summed E-state index contributed by atoms with van der Waals surface area (Å²) in [5.74, 6) is 2.39. The Morgan fingerprint density at radius 2 is 1.91 bits per heavy atom. The maximum atomic E-state index is 11.9. The fourth-order valence-corrected chi connectivity index (χ4v) is 4.37. The second kappa shape index (κ2) is 9.41. The molecule has 2 atom stereocenters. The van der Waals surface area contributed by atoms with Crippen molar-refractivity contribution in [1.82, 2.24) is 30.0 Å². The van der Waals surface area contributed by atoms with E-state index in [-0.39, 0.29) is 18.2 Å². The van der Waals surface area contributed by atoms with Crippen molar-refractivity contribution in [3.63, 3.8) is 0 Å². The van der Waals surface area contributed by atoms with Gasteiger partial charge in [0.1, 0.15) is 6.29 Å². The zero-order valence-electron chi connectivity index (χ0n) is 19.3. The first kappa shape index (κ1) is 22.3. The molecule has 0 radical (unpaired) electrons. The van der Waals surface area contributed by atoms with E-state index in [4.69, 9.17) is 14.5 Å². The highest BCUT2D eigenvalue weighted by atomic mass is 16.5. The van der Waals surface area contributed by atoms with Gasteiger partial charge in [0, 0.05) is 63.9 Å². The molecule has 13 nitrogen and oxygen atoms in total. The molecule has 0 unspecified atom stereocenters. The highest BCUT2D eigenvalue weighted by Gasteiger charge is 2.35. The summed E-state index contributed by atoms with van der Waals surface area (Å²) in [5.41, 5.74) is 1.10. The molecular weight excluding hydrogens is 442 g/mol. The van der Waals surface area contributed by atoms with E-state index in [0.29, 0.717) is 68.7 Å². The fourth-order valence-electron chi connectivity index (χ4n) is 4.37. The van der Waals surface area contributed by atoms with Crippen LogP contribution in [0.15, 0.2) is 6.07 Å². The van der Waals surface area contributed by atoms with Gasteiger partial charge in [-0.25, -0.2) is 4.79 Å². The molecule has 1 aliphatic carbocycles. The van der Waals surface area contributed by atoms with Gasteiger partial charge in [0.05, 0.1) is 19.3 Å². The number of nitrogens with one attached hydrogen (secondary N) is 2. The first-order valence-corrected chi connectivity index (χ1v) is 11.5. The quantitative estimate of drug-likeness (QED) is 0.556. The maximum absolute atomic E-state index is 11.9. The van der Waals surface area contributed by atoms with Crippen molar-refractivity contribution in [2.45, 2.75) is 37.3 Å². The molecule has 3 fully saturated rings. The van der Waals surface area contributed by atoms with Crippen molar-refractivity contribution in [3.8, 4) is 0 Å². The second-order valence-electron chi connectivity index (χ2n) is 8.76. The number of piperazine rings is 1. The van der Waals surface area contributed by atoms with Crippen LogP contribution in [0.2, 0.25) is 0 Å². The second-order valence-corrected chi connectivity index (χ2v) is 8.76. The van der Waals surface area contributed by atoms with Gasteiger partial charge in [0.2, 0.25) is 17.8 Å². The Balaban J connectivity index is 1.41. The van der Waals surface area contributed by atoms with Crippen molar-refractivity contribution in [2.24, 2.45) is 0 Å². The van der Waals surface area contributed by atoms with Gasteiger partial charge in [0.25, 0.3) is 0 Å². The summed E-state index contributed by atoms with van der Waals surface area (Å²) in [6, 6.07) is 1.59. The lowest BCUT2D eigenvalue weighted by molar-refractivity contribution is -0.109. The van der Waals surface area contributed by atoms with Gasteiger partial charge in [-0.2, -0.15) is 20.1 Å². The number of nitrogens with zero attached hydrogens (tertiary/aromatic N) is 7. The van der Waals surface area contributed by atoms with Gasteiger partial charge in [-0.15, -0.1) is 0 Å². The average Bonchev–Trinajstić information content (AvgIpc) is 3.47. The molecule has 1 amide bonds. The highest BCUT2D eigenvalue weighted by Crippen LogP contribution is 2.39. The van der Waals surface area contributed by atoms with E-state index in [9.17, 15) is 9.59 Å². The van der Waals surface area contributed by atoms with Crippen LogP contribution in [0.25, 0.3) is 0 Å². The van der Waals surface area contributed by atoms with Crippen molar-refractivity contribution in [3.05, 3.63) is 11.8 Å². The molecule has 0 spiro atoms. The number of aromatic amines is 1. The lowest BCUT2D eigenvalue weighted by atomic mass is 10.2. The minimum Gasteiger partial charge on any atom is -0.453 e. The minimum atomic E-state index is -0.379. The number of carbonyl (C=O) groups excluding carboxylic acids is 2. The molecule has 2 aromatic heterocycles. The third-order valence-electron chi connectivity index (χ3n) is 6.51. The van der Waals surface area contributed by atoms with Gasteiger partial charge in [-0.05, 0) is 12.8 Å². The number of hydrogen-bond acceptors (Lipinski definition) is 11. The molecule has 3 aliphatic rings. The van der Waals surface area contributed by atoms with Crippen LogP contribution in [-0.2, 0) is 14.3 Å². The molecule has 2 aliphatic heterocycles. The predicted octanol–water partition coefficient (Wildman–Crippen LogP) is 0.897. The number of aromatic nitrogens is 5. The number of H-pyrrole nitrogens is 1. The van der Waals surface area contributed by atoms with E-state index in [2.05, 4.69) is 25.5 Å². The zero-order valence-corrected chi connectivity index (χ0v) is 19.3. The summed E-state index contributed by atoms with van der Waals surface area (Å²) in [4.78, 5) is 43.0. The Hall–Kier alpha value is -3.48. The Kier molecular flexibility index (Phi) is 6.18. The molecule has 5 rings (SSSR count). The molecule has 2 saturated heterocycles. The summed E-state index contributed by atoms with van der Waals surface area (Å²) < 4.78 is 10.3. The van der Waals surface area contributed by atoms with Gasteiger partial charge >= 0.3 is 6.09 Å². The third kappa shape index (κ3) is 4.60. The maximum Gasteiger partial charge on any atom is 0.409 e. The van der Waals surface area contributed by atoms with E-state index in [1.165, 1.54) is 20.0 Å². The van der Waals surface area contributed by atoms with Crippen LogP contribution in [0, 0.1) is 0 Å². The molecule has 4 heterocycles. The number of anilines is 4. The summed E-state index contributed by atoms with van der Waals surface area (Å²) >= 11 is 0. The standard InChI is InChI=1S/C21H29N9O4/c1-33-15-9-14(12-31)30(11-15)20-24-18(22-17-10-16(26-27-17)13-3-4-13)23-19(25-20)28-5-7-29(8-6-28)21(32)34-2/h10,12-15H,3-9,11H2,1-2H3,(H2,22,23,24,25,26,27)/t14-,15-/m0/s1. The number of aldehydes is 1. The lowest BCUT2D eigenvalue weighted by Gasteiger charge is -2.34. The molecule has 182 valence electrons. The van der Waals surface area contributed by atoms with Crippen LogP contribution in [0.1, 0.15) is 30.9 Å². The molecule has 2 aromatic rings. The summed E-state index contributed by atoms with van der Waals surface area (Å²) in [7, 11) is 3.01. The molecule has 0 aromatic carbocycles. The highest BCUT2D eigenvalue weighted by molar-refractivity contribution is 5.68. The number of hydrogen-bond donors (Lipinski definition) is 2. The largest absolute Gasteiger partial charge is 0.453 e. The average molecular weight is 472 g/mol. The van der Waals surface area contributed by atoms with Crippen molar-refractivity contribution in [2.75, 3.05) is 62.1 Å². The molecule has 1 saturated carbocycles. The number of methoxy groups -OCH3 is 2. The van der Waals surface area contributed by atoms with Crippen molar-refractivity contribution >= 4 is 36.0 Å². The monoisotopic (exact) mass is 471 g/mol. The Bertz CT molecular complexity index is 1040. The van der Waals surface area contributed by atoms with Crippen LogP contribution in [0.5, 0.6) is 0 Å². The SMILES string of the molecule is COC(=O)N1CCN(c2nc(Nc3cc(C4CC4)[nH]n3)nc(N3C[C@@H](OC)C[C@H]3C=O)n2)CC1. The Morgan fingerprint density at radius 3 is 2.59 bits per heavy atom. The molecule has 2 N–H and O–H groups in total. The van der Waals surface area contributed by atoms with Gasteiger partial charge < -0.3 is 34.3 Å². The van der Waals surface area contributed by atoms with E-state index in [1.54, 1.807) is 12.0 Å². The number of ether oxygens (including phenoxy) is 2. The third-order valence-corrected chi connectivity index (χ3v) is 6.51. The Morgan fingerprint density at radius 1 is 1.15 bits per heavy atom. The summed E-state index contributed by atoms with van der Waals surface area (Å²) in [6.45, 7) is 2.58. The molecular formula is C21H29N9O4. The fraction of sp³-hybridized carbons (Fsp3) is 0.619. The van der Waals surface area contributed by atoms with E-state index >= 15 is 0 Å². The van der Waals surface area contributed by atoms with Gasteiger partial charge in [-0.1, -0.05) is 0 Å². The zero-order chi connectivity index (χ0) is 23.7. The normalized spacial score (nSPS) is 22.7. The van der Waals surface area contributed by atoms with Crippen LogP contribution in [0.4, 0.5) is 28.5 Å². The number of rotatable bonds is 7. The van der Waals surface area contributed by atoms with Crippen LogP contribution in [-0.4, -0.2) is 102 Å². The first-order chi connectivity index (χ1) is 16.6. The van der Waals surface area contributed by atoms with Gasteiger partial charge in [0.15, 0.2) is 5.82 Å². The Labute approximate surface area is 196 Å². The van der Waals surface area contributed by atoms with Crippen molar-refractivity contribution < 1.29 is 19.1 Å². The van der Waals surface area contributed by atoms with E-state index in [1.807, 2.05) is 15.9 Å². The topological polar surface area (TPSA) is 142 Å². The molecule has 13 heteroatoms. The van der Waals surface area contributed by atoms with Gasteiger partial charge in [-0.3, -0.25) is 5.10 Å². The lowest BCUT2D eigenvalue weighted by Crippen LogP contribution is -2.49. The summed E-state index contributed by atoms with van der Waals surface area (Å²) in [5, 5.41) is 10.6. The minimum absolute atomic E-state index is 0.0807. The first-order valence-electron chi connectivity index (χ1n) is 11.5. The predicted molar refractivity (Wildman–Crippen MR) is 122 cm³/mol. The van der Waals surface area contributed by atoms with Crippen molar-refractivity contribution in [1.29, 1.82) is 0 Å². The van der Waals surface area contributed by atoms with Crippen LogP contribution in [0.3, 0.4) is 0 Å². The smallest absolute Gasteiger partial charge is 0.409 e. The molecule has 34 heavy (non-hydrogen) atoms. The number of carbonyl (C=O) groups is 2. The van der Waals surface area contributed by atoms with E-state index < -0.39 is 0 Å². The molecule has 0 bridgehead atoms. The van der Waals surface area contributed by atoms with E-state index in [0.717, 1.165) is 12.0 Å². The summed E-state index contributed by atoms with van der Waals surface area (Å²) in [6.07, 6.45) is 3.39. The van der Waals surface area contributed by atoms with Crippen LogP contribution < -0.4 is 15.1 Å². The number of amides is 1.